The van der Waals surface area contributed by atoms with Crippen LogP contribution in [0.15, 0.2) is 29.2 Å². The summed E-state index contributed by atoms with van der Waals surface area (Å²) < 4.78 is 5.13. The molecule has 0 spiro atoms. The first-order chi connectivity index (χ1) is 11.0. The molecule has 3 atom stereocenters. The van der Waals surface area contributed by atoms with Gasteiger partial charge in [0.05, 0.1) is 7.11 Å². The Morgan fingerprint density at radius 2 is 2.09 bits per heavy atom. The molecule has 23 heavy (non-hydrogen) atoms. The van der Waals surface area contributed by atoms with Gasteiger partial charge in [0, 0.05) is 28.4 Å². The summed E-state index contributed by atoms with van der Waals surface area (Å²) in [6, 6.07) is 6.89. The fourth-order valence-electron chi connectivity index (χ4n) is 2.57. The van der Waals surface area contributed by atoms with Crippen molar-refractivity contribution >= 4 is 36.3 Å². The van der Waals surface area contributed by atoms with Gasteiger partial charge in [-0.1, -0.05) is 6.92 Å². The molecule has 126 valence electrons. The van der Waals surface area contributed by atoms with Crippen LogP contribution in [0.25, 0.3) is 0 Å². The van der Waals surface area contributed by atoms with E-state index in [-0.39, 0.29) is 17.1 Å². The normalized spacial score (nSPS) is 22.0. The number of methoxy groups -OCH3 is 1. The minimum absolute atomic E-state index is 0.0700. The summed E-state index contributed by atoms with van der Waals surface area (Å²) in [7, 11) is 1.61. The Labute approximate surface area is 145 Å². The topological polar surface area (TPSA) is 66.8 Å². The van der Waals surface area contributed by atoms with Gasteiger partial charge in [0.25, 0.3) is 0 Å². The Balaban J connectivity index is 2.06. The molecule has 1 aromatic rings. The maximum Gasteiger partial charge on any atom is 0.326 e. The van der Waals surface area contributed by atoms with Crippen molar-refractivity contribution in [2.75, 3.05) is 19.4 Å². The predicted octanol–water partition coefficient (Wildman–Crippen LogP) is 2.41. The summed E-state index contributed by atoms with van der Waals surface area (Å²) in [5.74, 6) is -0.154. The van der Waals surface area contributed by atoms with Crippen LogP contribution >= 0.6 is 24.4 Å². The number of carbonyl (C=O) groups excluding carboxylic acids is 1. The number of ether oxygens (including phenoxy) is 1. The molecule has 1 fully saturated rings. The molecule has 7 heteroatoms. The molecule has 0 saturated carbocycles. The lowest BCUT2D eigenvalue weighted by molar-refractivity contribution is -0.149. The van der Waals surface area contributed by atoms with E-state index in [0.29, 0.717) is 18.7 Å². The van der Waals surface area contributed by atoms with Crippen molar-refractivity contribution in [3.63, 3.8) is 0 Å². The molecule has 2 unspecified atom stereocenters. The van der Waals surface area contributed by atoms with Crippen LogP contribution in [0.1, 0.15) is 13.3 Å². The fraction of sp³-hybridized carbons (Fsp3) is 0.500. The van der Waals surface area contributed by atoms with Crippen LogP contribution < -0.4 is 4.74 Å². The van der Waals surface area contributed by atoms with Crippen LogP contribution in [-0.2, 0) is 9.59 Å². The molecule has 1 N–H and O–H groups in total. The molecule has 1 aliphatic heterocycles. The monoisotopic (exact) mass is 355 g/mol. The maximum absolute atomic E-state index is 12.4. The fourth-order valence-corrected chi connectivity index (χ4v) is 3.92. The molecule has 0 aromatic heterocycles. The molecule has 0 aliphatic carbocycles. The highest BCUT2D eigenvalue weighted by molar-refractivity contribution is 8.00. The Morgan fingerprint density at radius 1 is 1.43 bits per heavy atom. The van der Waals surface area contributed by atoms with Gasteiger partial charge in [0.2, 0.25) is 5.91 Å². The SMILES string of the molecule is COc1ccc(SC2C[C@@H](C(=O)O)N(C(=O)C(C)CS)C2)cc1. The second-order valence-corrected chi connectivity index (χ2v) is 7.32. The van der Waals surface area contributed by atoms with E-state index in [9.17, 15) is 14.7 Å². The second kappa shape index (κ2) is 7.97. The van der Waals surface area contributed by atoms with Gasteiger partial charge in [0.1, 0.15) is 11.8 Å². The van der Waals surface area contributed by atoms with Crippen LogP contribution in [-0.4, -0.2) is 52.6 Å². The standard InChI is InChI=1S/C16H21NO4S2/c1-10(9-22)15(18)17-8-13(7-14(17)16(19)20)23-12-5-3-11(21-2)4-6-12/h3-6,10,13-14,22H,7-9H2,1-2H3,(H,19,20)/t10?,13?,14-/m0/s1. The number of rotatable bonds is 6. The second-order valence-electron chi connectivity index (χ2n) is 5.58. The van der Waals surface area contributed by atoms with Crippen molar-refractivity contribution in [3.8, 4) is 5.75 Å². The first-order valence-corrected chi connectivity index (χ1v) is 8.92. The van der Waals surface area contributed by atoms with Crippen molar-refractivity contribution in [2.45, 2.75) is 29.5 Å². The highest BCUT2D eigenvalue weighted by Gasteiger charge is 2.40. The number of nitrogens with zero attached hydrogens (tertiary/aromatic N) is 1. The minimum atomic E-state index is -0.942. The third kappa shape index (κ3) is 4.35. The van der Waals surface area contributed by atoms with E-state index in [1.807, 2.05) is 24.3 Å². The van der Waals surface area contributed by atoms with Crippen LogP contribution in [0.3, 0.4) is 0 Å². The lowest BCUT2D eigenvalue weighted by Gasteiger charge is -2.24. The lowest BCUT2D eigenvalue weighted by atomic mass is 10.1. The van der Waals surface area contributed by atoms with E-state index in [0.717, 1.165) is 10.6 Å². The third-order valence-electron chi connectivity index (χ3n) is 3.89. The van der Waals surface area contributed by atoms with Crippen LogP contribution in [0.4, 0.5) is 0 Å². The Bertz CT molecular complexity index is 564. The number of aliphatic carboxylic acids is 1. The molecule has 1 aromatic carbocycles. The molecule has 1 heterocycles. The number of carboxylic acid groups (broad SMARTS) is 1. The van der Waals surface area contributed by atoms with Crippen molar-refractivity contribution in [2.24, 2.45) is 5.92 Å². The number of benzene rings is 1. The lowest BCUT2D eigenvalue weighted by Crippen LogP contribution is -2.43. The minimum Gasteiger partial charge on any atom is -0.497 e. The molecular weight excluding hydrogens is 334 g/mol. The number of carbonyl (C=O) groups is 2. The summed E-state index contributed by atoms with van der Waals surface area (Å²) in [5, 5.41) is 9.47. The molecular formula is C16H21NO4S2. The zero-order valence-corrected chi connectivity index (χ0v) is 14.8. The highest BCUT2D eigenvalue weighted by Crippen LogP contribution is 2.34. The average molecular weight is 355 g/mol. The van der Waals surface area contributed by atoms with Gasteiger partial charge in [-0.3, -0.25) is 4.79 Å². The number of amides is 1. The van der Waals surface area contributed by atoms with Gasteiger partial charge in [-0.2, -0.15) is 12.6 Å². The summed E-state index contributed by atoms with van der Waals surface area (Å²) in [6.45, 7) is 2.22. The van der Waals surface area contributed by atoms with E-state index >= 15 is 0 Å². The Kier molecular flexibility index (Phi) is 6.24. The largest absolute Gasteiger partial charge is 0.497 e. The van der Waals surface area contributed by atoms with Gasteiger partial charge in [-0.05, 0) is 30.7 Å². The maximum atomic E-state index is 12.4. The van der Waals surface area contributed by atoms with E-state index in [1.165, 1.54) is 4.90 Å². The number of hydrogen-bond acceptors (Lipinski definition) is 5. The molecule has 1 amide bonds. The van der Waals surface area contributed by atoms with Crippen LogP contribution in [0.5, 0.6) is 5.75 Å². The van der Waals surface area contributed by atoms with E-state index in [1.54, 1.807) is 25.8 Å². The van der Waals surface area contributed by atoms with E-state index in [4.69, 9.17) is 4.74 Å². The summed E-state index contributed by atoms with van der Waals surface area (Å²) in [4.78, 5) is 26.4. The van der Waals surface area contributed by atoms with Gasteiger partial charge < -0.3 is 14.7 Å². The zero-order valence-electron chi connectivity index (χ0n) is 13.1. The Morgan fingerprint density at radius 3 is 2.61 bits per heavy atom. The number of carboxylic acids is 1. The van der Waals surface area contributed by atoms with Crippen LogP contribution in [0.2, 0.25) is 0 Å². The van der Waals surface area contributed by atoms with Crippen molar-refractivity contribution < 1.29 is 19.4 Å². The summed E-state index contributed by atoms with van der Waals surface area (Å²) in [5.41, 5.74) is 0. The smallest absolute Gasteiger partial charge is 0.326 e. The molecule has 1 aliphatic rings. The van der Waals surface area contributed by atoms with Gasteiger partial charge in [0.15, 0.2) is 0 Å². The van der Waals surface area contributed by atoms with E-state index < -0.39 is 12.0 Å². The van der Waals surface area contributed by atoms with Gasteiger partial charge >= 0.3 is 5.97 Å². The van der Waals surface area contributed by atoms with Gasteiger partial charge in [-0.25, -0.2) is 4.79 Å². The summed E-state index contributed by atoms with van der Waals surface area (Å²) in [6.07, 6.45) is 0.455. The Hall–Kier alpha value is -1.34. The van der Waals surface area contributed by atoms with Crippen molar-refractivity contribution in [3.05, 3.63) is 24.3 Å². The molecule has 2 rings (SSSR count). The molecule has 0 bridgehead atoms. The van der Waals surface area contributed by atoms with Crippen LogP contribution in [0, 0.1) is 5.92 Å². The highest BCUT2D eigenvalue weighted by atomic mass is 32.2. The average Bonchev–Trinajstić information content (AvgIpc) is 2.98. The predicted molar refractivity (Wildman–Crippen MR) is 93.4 cm³/mol. The summed E-state index contributed by atoms with van der Waals surface area (Å²) >= 11 is 5.74. The quantitative estimate of drug-likeness (QED) is 0.767. The first-order valence-electron chi connectivity index (χ1n) is 7.41. The zero-order chi connectivity index (χ0) is 17.0. The molecule has 1 saturated heterocycles. The van der Waals surface area contributed by atoms with Gasteiger partial charge in [-0.15, -0.1) is 11.8 Å². The first kappa shape index (κ1) is 18.0. The van der Waals surface area contributed by atoms with E-state index in [2.05, 4.69) is 12.6 Å². The number of thioether (sulfide) groups is 1. The van der Waals surface area contributed by atoms with Crippen molar-refractivity contribution in [1.82, 2.24) is 4.90 Å². The number of hydrogen-bond donors (Lipinski definition) is 2. The third-order valence-corrected chi connectivity index (χ3v) is 5.66. The number of likely N-dealkylation sites (tertiary alicyclic amines) is 1. The molecule has 0 radical (unpaired) electrons. The molecule has 5 nitrogen and oxygen atoms in total. The van der Waals surface area contributed by atoms with Crippen molar-refractivity contribution in [1.29, 1.82) is 0 Å². The number of thiol groups is 1.